The molecular formula is C17H22N2O3. The van der Waals surface area contributed by atoms with E-state index >= 15 is 0 Å². The van der Waals surface area contributed by atoms with Crippen LogP contribution < -0.4 is 10.6 Å². The molecule has 0 radical (unpaired) electrons. The van der Waals surface area contributed by atoms with Crippen molar-refractivity contribution in [3.63, 3.8) is 0 Å². The van der Waals surface area contributed by atoms with Crippen LogP contribution in [0.3, 0.4) is 0 Å². The highest BCUT2D eigenvalue weighted by molar-refractivity contribution is 5.87. The van der Waals surface area contributed by atoms with Gasteiger partial charge in [-0.05, 0) is 48.8 Å². The Morgan fingerprint density at radius 2 is 1.77 bits per heavy atom. The number of carbonyl (C=O) groups excluding carboxylic acids is 1. The van der Waals surface area contributed by atoms with E-state index in [-0.39, 0.29) is 11.6 Å². The third-order valence-corrected chi connectivity index (χ3v) is 5.02. The van der Waals surface area contributed by atoms with Gasteiger partial charge in [-0.25, -0.2) is 9.59 Å². The maximum absolute atomic E-state index is 12.0. The average molecular weight is 302 g/mol. The molecule has 1 aromatic rings. The van der Waals surface area contributed by atoms with Crippen molar-refractivity contribution in [2.75, 3.05) is 0 Å². The summed E-state index contributed by atoms with van der Waals surface area (Å²) in [5, 5.41) is 14.8. The monoisotopic (exact) mass is 302 g/mol. The molecule has 5 nitrogen and oxygen atoms in total. The zero-order chi connectivity index (χ0) is 15.5. The second-order valence-corrected chi connectivity index (χ2v) is 6.45. The molecule has 4 rings (SSSR count). The molecular weight excluding hydrogens is 280 g/mol. The number of rotatable bonds is 4. The summed E-state index contributed by atoms with van der Waals surface area (Å²) in [4.78, 5) is 22.8. The lowest BCUT2D eigenvalue weighted by Crippen LogP contribution is -2.50. The fraction of sp³-hybridized carbons (Fsp3) is 0.529. The van der Waals surface area contributed by atoms with E-state index in [1.54, 1.807) is 24.3 Å². The Hall–Kier alpha value is -2.04. The van der Waals surface area contributed by atoms with E-state index in [2.05, 4.69) is 10.6 Å². The molecule has 3 saturated carbocycles. The van der Waals surface area contributed by atoms with E-state index in [1.807, 2.05) is 0 Å². The normalized spacial score (nSPS) is 26.5. The van der Waals surface area contributed by atoms with Crippen LogP contribution in [-0.4, -0.2) is 23.1 Å². The Balaban J connectivity index is 1.47. The van der Waals surface area contributed by atoms with Gasteiger partial charge in [0.25, 0.3) is 0 Å². The topological polar surface area (TPSA) is 78.4 Å². The summed E-state index contributed by atoms with van der Waals surface area (Å²) in [5.74, 6) is 0.495. The van der Waals surface area contributed by atoms with Crippen LogP contribution in [0.5, 0.6) is 0 Å². The van der Waals surface area contributed by atoms with Crippen molar-refractivity contribution < 1.29 is 14.7 Å². The lowest BCUT2D eigenvalue weighted by molar-refractivity contribution is 0.0697. The first-order chi connectivity index (χ1) is 10.6. The summed E-state index contributed by atoms with van der Waals surface area (Å²) in [6.07, 6.45) is 6.24. The van der Waals surface area contributed by atoms with Gasteiger partial charge in [0, 0.05) is 12.6 Å². The molecule has 3 aliphatic rings. The summed E-state index contributed by atoms with van der Waals surface area (Å²) in [6, 6.07) is 6.76. The summed E-state index contributed by atoms with van der Waals surface area (Å²) in [6.45, 7) is 0.409. The van der Waals surface area contributed by atoms with Gasteiger partial charge in [0.15, 0.2) is 0 Å². The Labute approximate surface area is 130 Å². The zero-order valence-corrected chi connectivity index (χ0v) is 12.5. The fourth-order valence-corrected chi connectivity index (χ4v) is 3.72. The van der Waals surface area contributed by atoms with Gasteiger partial charge in [-0.2, -0.15) is 0 Å². The van der Waals surface area contributed by atoms with Crippen LogP contribution in [0.1, 0.15) is 48.0 Å². The second-order valence-electron chi connectivity index (χ2n) is 6.45. The van der Waals surface area contributed by atoms with Crippen molar-refractivity contribution in [1.29, 1.82) is 0 Å². The van der Waals surface area contributed by atoms with Crippen LogP contribution in [0.4, 0.5) is 4.79 Å². The molecule has 0 saturated heterocycles. The van der Waals surface area contributed by atoms with Crippen LogP contribution in [0.25, 0.3) is 0 Å². The standard InChI is InChI=1S/C17H22N2O3/c20-16(21)14-7-3-12(4-8-14)10-18-17(22)19-15-9-11-1-5-13(15)6-2-11/h3-4,7-8,11,13,15H,1-2,5-6,9-10H2,(H,20,21)(H2,18,19,22). The van der Waals surface area contributed by atoms with Crippen molar-refractivity contribution >= 4 is 12.0 Å². The molecule has 1 atom stereocenters. The van der Waals surface area contributed by atoms with Gasteiger partial charge in [0.2, 0.25) is 0 Å². The van der Waals surface area contributed by atoms with Gasteiger partial charge in [0.05, 0.1) is 5.56 Å². The van der Waals surface area contributed by atoms with E-state index in [0.29, 0.717) is 18.5 Å². The lowest BCUT2D eigenvalue weighted by Gasteiger charge is -2.42. The van der Waals surface area contributed by atoms with Crippen LogP contribution in [0.15, 0.2) is 24.3 Å². The van der Waals surface area contributed by atoms with Gasteiger partial charge in [-0.1, -0.05) is 25.0 Å². The van der Waals surface area contributed by atoms with Crippen molar-refractivity contribution in [1.82, 2.24) is 10.6 Å². The minimum atomic E-state index is -0.940. The Kier molecular flexibility index (Phi) is 4.32. The molecule has 3 aliphatic carbocycles. The SMILES string of the molecule is O=C(NCc1ccc(C(=O)O)cc1)NC1CC2CCC1CC2. The smallest absolute Gasteiger partial charge is 0.335 e. The van der Waals surface area contributed by atoms with E-state index in [4.69, 9.17) is 5.11 Å². The molecule has 0 spiro atoms. The molecule has 5 heteroatoms. The molecule has 3 fully saturated rings. The number of aromatic carboxylic acids is 1. The van der Waals surface area contributed by atoms with Gasteiger partial charge in [0.1, 0.15) is 0 Å². The van der Waals surface area contributed by atoms with Gasteiger partial charge in [-0.3, -0.25) is 0 Å². The third kappa shape index (κ3) is 3.40. The van der Waals surface area contributed by atoms with E-state index in [0.717, 1.165) is 17.9 Å². The van der Waals surface area contributed by atoms with E-state index in [1.165, 1.54) is 25.7 Å². The molecule has 3 N–H and O–H groups in total. The van der Waals surface area contributed by atoms with Crippen LogP contribution in [0, 0.1) is 11.8 Å². The molecule has 118 valence electrons. The van der Waals surface area contributed by atoms with E-state index in [9.17, 15) is 9.59 Å². The number of amides is 2. The minimum absolute atomic E-state index is 0.125. The molecule has 2 bridgehead atoms. The maximum atomic E-state index is 12.0. The number of nitrogens with one attached hydrogen (secondary N) is 2. The fourth-order valence-electron chi connectivity index (χ4n) is 3.72. The molecule has 1 unspecified atom stereocenters. The van der Waals surface area contributed by atoms with Crippen molar-refractivity contribution in [2.45, 2.75) is 44.7 Å². The molecule has 22 heavy (non-hydrogen) atoms. The number of benzene rings is 1. The number of carboxylic acids is 1. The molecule has 0 aliphatic heterocycles. The predicted molar refractivity (Wildman–Crippen MR) is 82.6 cm³/mol. The molecule has 1 aromatic carbocycles. The van der Waals surface area contributed by atoms with Gasteiger partial charge in [-0.15, -0.1) is 0 Å². The quantitative estimate of drug-likeness (QED) is 0.800. The average Bonchev–Trinajstić information content (AvgIpc) is 2.54. The molecule has 0 heterocycles. The van der Waals surface area contributed by atoms with Crippen molar-refractivity contribution in [2.24, 2.45) is 11.8 Å². The first kappa shape index (κ1) is 14.9. The van der Waals surface area contributed by atoms with E-state index < -0.39 is 5.97 Å². The first-order valence-corrected chi connectivity index (χ1v) is 7.98. The highest BCUT2D eigenvalue weighted by Gasteiger charge is 2.36. The summed E-state index contributed by atoms with van der Waals surface area (Å²) in [7, 11) is 0. The Morgan fingerprint density at radius 3 is 2.32 bits per heavy atom. The highest BCUT2D eigenvalue weighted by atomic mass is 16.4. The largest absolute Gasteiger partial charge is 0.478 e. The van der Waals surface area contributed by atoms with Crippen LogP contribution in [0.2, 0.25) is 0 Å². The number of urea groups is 1. The van der Waals surface area contributed by atoms with Gasteiger partial charge >= 0.3 is 12.0 Å². The third-order valence-electron chi connectivity index (χ3n) is 5.02. The number of fused-ring (bicyclic) bond motifs is 3. The lowest BCUT2D eigenvalue weighted by atomic mass is 9.68. The van der Waals surface area contributed by atoms with Crippen LogP contribution >= 0.6 is 0 Å². The molecule has 0 aromatic heterocycles. The Bertz CT molecular complexity index is 548. The number of carbonyl (C=O) groups is 2. The summed E-state index contributed by atoms with van der Waals surface area (Å²) >= 11 is 0. The summed E-state index contributed by atoms with van der Waals surface area (Å²) < 4.78 is 0. The number of hydrogen-bond donors (Lipinski definition) is 3. The minimum Gasteiger partial charge on any atom is -0.478 e. The highest BCUT2D eigenvalue weighted by Crippen LogP contribution is 2.41. The molecule has 2 amide bonds. The Morgan fingerprint density at radius 1 is 1.09 bits per heavy atom. The predicted octanol–water partition coefficient (Wildman–Crippen LogP) is 2.76. The number of hydrogen-bond acceptors (Lipinski definition) is 2. The summed E-state index contributed by atoms with van der Waals surface area (Å²) in [5.41, 5.74) is 1.15. The zero-order valence-electron chi connectivity index (χ0n) is 12.5. The second kappa shape index (κ2) is 6.38. The van der Waals surface area contributed by atoms with Gasteiger partial charge < -0.3 is 15.7 Å². The number of carboxylic acid groups (broad SMARTS) is 1. The first-order valence-electron chi connectivity index (χ1n) is 7.98. The van der Waals surface area contributed by atoms with Crippen molar-refractivity contribution in [3.8, 4) is 0 Å². The van der Waals surface area contributed by atoms with Crippen molar-refractivity contribution in [3.05, 3.63) is 35.4 Å². The maximum Gasteiger partial charge on any atom is 0.335 e. The van der Waals surface area contributed by atoms with Crippen LogP contribution in [-0.2, 0) is 6.54 Å².